The molecule has 0 fully saturated rings. The van der Waals surface area contributed by atoms with Crippen molar-refractivity contribution in [2.24, 2.45) is 0 Å². The lowest BCUT2D eigenvalue weighted by Gasteiger charge is -2.15. The highest BCUT2D eigenvalue weighted by Gasteiger charge is 2.16. The van der Waals surface area contributed by atoms with Crippen LogP contribution in [0.15, 0.2) is 122 Å². The summed E-state index contributed by atoms with van der Waals surface area (Å²) in [6.45, 7) is 3.99. The molecule has 1 atom stereocenters. The minimum atomic E-state index is -0.797. The summed E-state index contributed by atoms with van der Waals surface area (Å²) in [5.74, 6) is -0.631. The van der Waals surface area contributed by atoms with Crippen LogP contribution < -0.4 is 0 Å². The van der Waals surface area contributed by atoms with Gasteiger partial charge in [0.15, 0.2) is 6.10 Å². The van der Waals surface area contributed by atoms with Gasteiger partial charge in [-0.15, -0.1) is 0 Å². The fourth-order valence-electron chi connectivity index (χ4n) is 6.84. The SMILES string of the molecule is CC/C=C\C/C=C\C/C=C\C/C=C\C/C=C\C/C=C\C/C=C\C/C=C\CCCCCCC(=O)OC(CO)COC(=O)CCCCCCCCCCC/C=C\C/C=C\CCCCCCC. The lowest BCUT2D eigenvalue weighted by Crippen LogP contribution is -2.28. The number of unbranched alkanes of at least 4 members (excludes halogenated alkanes) is 18. The number of rotatable bonds is 46. The van der Waals surface area contributed by atoms with Crippen LogP contribution in [0.25, 0.3) is 0 Å². The molecule has 0 aliphatic rings. The lowest BCUT2D eigenvalue weighted by molar-refractivity contribution is -0.161. The molecule has 1 N–H and O–H groups in total. The third-order valence-corrected chi connectivity index (χ3v) is 10.7. The van der Waals surface area contributed by atoms with Crippen molar-refractivity contribution >= 4 is 11.9 Å². The zero-order valence-electron chi connectivity index (χ0n) is 41.2. The number of carbonyl (C=O) groups excluding carboxylic acids is 2. The van der Waals surface area contributed by atoms with E-state index in [2.05, 4.69) is 135 Å². The Kier molecular flexibility index (Phi) is 50.5. The first-order chi connectivity index (χ1) is 31.6. The van der Waals surface area contributed by atoms with Crippen LogP contribution in [0.3, 0.4) is 0 Å². The van der Waals surface area contributed by atoms with E-state index in [0.29, 0.717) is 12.8 Å². The minimum absolute atomic E-state index is 0.0861. The topological polar surface area (TPSA) is 72.8 Å². The third-order valence-electron chi connectivity index (χ3n) is 10.7. The van der Waals surface area contributed by atoms with Gasteiger partial charge in [0, 0.05) is 12.8 Å². The van der Waals surface area contributed by atoms with Gasteiger partial charge in [0.1, 0.15) is 6.61 Å². The predicted molar refractivity (Wildman–Crippen MR) is 278 cm³/mol. The second-order valence-corrected chi connectivity index (χ2v) is 16.9. The van der Waals surface area contributed by atoms with Gasteiger partial charge >= 0.3 is 11.9 Å². The fourth-order valence-corrected chi connectivity index (χ4v) is 6.84. The fraction of sp³-hybridized carbons (Fsp3) is 0.627. The summed E-state index contributed by atoms with van der Waals surface area (Å²) in [5, 5.41) is 9.63. The van der Waals surface area contributed by atoms with Gasteiger partial charge < -0.3 is 14.6 Å². The van der Waals surface area contributed by atoms with Crippen LogP contribution in [0, 0.1) is 0 Å². The monoisotopic (exact) mass is 885 g/mol. The second kappa shape index (κ2) is 53.6. The van der Waals surface area contributed by atoms with Gasteiger partial charge in [-0.25, -0.2) is 0 Å². The Hall–Kier alpha value is -3.70. The average Bonchev–Trinajstić information content (AvgIpc) is 3.30. The Labute approximate surface area is 394 Å². The molecule has 0 rings (SSSR count). The van der Waals surface area contributed by atoms with Gasteiger partial charge in [-0.3, -0.25) is 9.59 Å². The molecule has 1 unspecified atom stereocenters. The van der Waals surface area contributed by atoms with Crippen LogP contribution in [-0.4, -0.2) is 36.4 Å². The van der Waals surface area contributed by atoms with E-state index in [1.165, 1.54) is 83.5 Å². The largest absolute Gasteiger partial charge is 0.462 e. The van der Waals surface area contributed by atoms with E-state index in [1.54, 1.807) is 0 Å². The molecule has 362 valence electrons. The smallest absolute Gasteiger partial charge is 0.306 e. The Morgan fingerprint density at radius 3 is 1.02 bits per heavy atom. The molecule has 0 radical (unpaired) electrons. The third kappa shape index (κ3) is 50.9. The molecule has 0 aromatic heterocycles. The number of esters is 2. The molecular formula is C59H96O5. The van der Waals surface area contributed by atoms with Crippen molar-refractivity contribution in [3.05, 3.63) is 122 Å². The number of aliphatic hydroxyl groups excluding tert-OH is 1. The normalized spacial score (nSPS) is 13.2. The molecular weight excluding hydrogens is 789 g/mol. The highest BCUT2D eigenvalue weighted by molar-refractivity contribution is 5.70. The van der Waals surface area contributed by atoms with Crippen molar-refractivity contribution in [2.45, 2.75) is 225 Å². The number of carbonyl (C=O) groups is 2. The molecule has 5 nitrogen and oxygen atoms in total. The van der Waals surface area contributed by atoms with Gasteiger partial charge in [-0.1, -0.05) is 219 Å². The summed E-state index contributed by atoms with van der Waals surface area (Å²) in [7, 11) is 0. The van der Waals surface area contributed by atoms with Gasteiger partial charge in [-0.2, -0.15) is 0 Å². The molecule has 0 aliphatic heterocycles. The minimum Gasteiger partial charge on any atom is -0.462 e. The van der Waals surface area contributed by atoms with Crippen molar-refractivity contribution in [3.63, 3.8) is 0 Å². The first-order valence-electron chi connectivity index (χ1n) is 26.1. The van der Waals surface area contributed by atoms with Crippen LogP contribution in [-0.2, 0) is 19.1 Å². The Balaban J connectivity index is 3.64. The molecule has 0 aliphatic carbocycles. The van der Waals surface area contributed by atoms with Crippen LogP contribution in [0.1, 0.15) is 219 Å². The van der Waals surface area contributed by atoms with Crippen LogP contribution >= 0.6 is 0 Å². The highest BCUT2D eigenvalue weighted by atomic mass is 16.6. The van der Waals surface area contributed by atoms with Crippen LogP contribution in [0.5, 0.6) is 0 Å². The highest BCUT2D eigenvalue weighted by Crippen LogP contribution is 2.13. The molecule has 0 heterocycles. The summed E-state index contributed by atoms with van der Waals surface area (Å²) in [6.07, 6.45) is 78.6. The summed E-state index contributed by atoms with van der Waals surface area (Å²) < 4.78 is 10.7. The molecule has 0 saturated heterocycles. The van der Waals surface area contributed by atoms with E-state index in [-0.39, 0.29) is 25.2 Å². The predicted octanol–water partition coefficient (Wildman–Crippen LogP) is 17.5. The summed E-state index contributed by atoms with van der Waals surface area (Å²) >= 11 is 0. The van der Waals surface area contributed by atoms with E-state index in [0.717, 1.165) is 109 Å². The first-order valence-corrected chi connectivity index (χ1v) is 26.1. The van der Waals surface area contributed by atoms with Gasteiger partial charge in [0.25, 0.3) is 0 Å². The molecule has 0 aromatic carbocycles. The van der Waals surface area contributed by atoms with Crippen molar-refractivity contribution in [2.75, 3.05) is 13.2 Å². The maximum Gasteiger partial charge on any atom is 0.306 e. The summed E-state index contributed by atoms with van der Waals surface area (Å²) in [6, 6.07) is 0. The Morgan fingerprint density at radius 1 is 0.375 bits per heavy atom. The number of hydrogen-bond acceptors (Lipinski definition) is 5. The Morgan fingerprint density at radius 2 is 0.672 bits per heavy atom. The van der Waals surface area contributed by atoms with Gasteiger partial charge in [0.2, 0.25) is 0 Å². The second-order valence-electron chi connectivity index (χ2n) is 16.9. The average molecular weight is 885 g/mol. The number of aliphatic hydroxyl groups is 1. The molecule has 64 heavy (non-hydrogen) atoms. The molecule has 5 heteroatoms. The molecule has 0 saturated carbocycles. The van der Waals surface area contributed by atoms with Crippen molar-refractivity contribution in [3.8, 4) is 0 Å². The van der Waals surface area contributed by atoms with E-state index in [4.69, 9.17) is 9.47 Å². The van der Waals surface area contributed by atoms with E-state index in [1.807, 2.05) is 0 Å². The standard InChI is InChI=1S/C59H96O5/c1-3-5-7-9-11-13-15-17-19-21-23-25-26-27-28-29-30-31-32-34-36-38-40-42-44-46-48-50-52-54-59(62)64-57(55-60)56-63-58(61)53-51-49-47-45-43-41-39-37-35-33-24-22-20-18-16-14-12-10-8-6-4-2/h5,7,11,13,16-19,22-25,27-28,30-31,34,36,40,42,57,60H,3-4,6,8-10,12,14-15,20-21,26,29,32-33,35,37-39,41,43-56H2,1-2H3/b7-5-,13-11-,18-16-,19-17-,24-22-,25-23-,28-27-,31-30-,36-34-,42-40-. The first kappa shape index (κ1) is 60.3. The summed E-state index contributed by atoms with van der Waals surface area (Å²) in [4.78, 5) is 24.5. The summed E-state index contributed by atoms with van der Waals surface area (Å²) in [5.41, 5.74) is 0. The van der Waals surface area contributed by atoms with Crippen molar-refractivity contribution in [1.29, 1.82) is 0 Å². The van der Waals surface area contributed by atoms with Gasteiger partial charge in [0.05, 0.1) is 6.61 Å². The molecule has 0 aromatic rings. The van der Waals surface area contributed by atoms with E-state index < -0.39 is 6.10 Å². The quantitative estimate of drug-likeness (QED) is 0.0375. The lowest BCUT2D eigenvalue weighted by atomic mass is 10.1. The van der Waals surface area contributed by atoms with Crippen LogP contribution in [0.4, 0.5) is 0 Å². The van der Waals surface area contributed by atoms with Crippen LogP contribution in [0.2, 0.25) is 0 Å². The number of hydrogen-bond donors (Lipinski definition) is 1. The number of ether oxygens (including phenoxy) is 2. The van der Waals surface area contributed by atoms with Crippen molar-refractivity contribution < 1.29 is 24.2 Å². The maximum absolute atomic E-state index is 12.3. The van der Waals surface area contributed by atoms with E-state index >= 15 is 0 Å². The van der Waals surface area contributed by atoms with Gasteiger partial charge in [-0.05, 0) is 109 Å². The van der Waals surface area contributed by atoms with Crippen molar-refractivity contribution in [1.82, 2.24) is 0 Å². The molecule has 0 amide bonds. The molecule has 0 bridgehead atoms. The number of allylic oxidation sites excluding steroid dienone is 20. The zero-order chi connectivity index (χ0) is 46.3. The maximum atomic E-state index is 12.3. The Bertz CT molecular complexity index is 1320. The van der Waals surface area contributed by atoms with E-state index in [9.17, 15) is 14.7 Å². The zero-order valence-corrected chi connectivity index (χ0v) is 41.2. The molecule has 0 spiro atoms.